The number of nitrogens with one attached hydrogen (secondary N) is 1. The van der Waals surface area contributed by atoms with E-state index >= 15 is 0 Å². The molecule has 1 rings (SSSR count). The van der Waals surface area contributed by atoms with Crippen LogP contribution in [-0.2, 0) is 9.47 Å². The predicted octanol–water partition coefficient (Wildman–Crippen LogP) is 0.520. The number of hydrogen-bond acceptors (Lipinski definition) is 3. The van der Waals surface area contributed by atoms with E-state index in [4.69, 9.17) is 9.47 Å². The van der Waals surface area contributed by atoms with Crippen LogP contribution in [0.2, 0.25) is 0 Å². The van der Waals surface area contributed by atoms with E-state index in [1.54, 1.807) is 7.11 Å². The Balaban J connectivity index is 2.63. The molecule has 0 saturated carbocycles. The predicted molar refractivity (Wildman–Crippen MR) is 39.4 cm³/mol. The summed E-state index contributed by atoms with van der Waals surface area (Å²) in [5.41, 5.74) is -0.517. The second-order valence-corrected chi connectivity index (χ2v) is 3.10. The molecule has 1 fully saturated rings. The van der Waals surface area contributed by atoms with Gasteiger partial charge in [-0.1, -0.05) is 0 Å². The Kier molecular flexibility index (Phi) is 2.04. The molecule has 64 valence electrons. The number of rotatable bonds is 1. The molecule has 1 amide bonds. The van der Waals surface area contributed by atoms with Crippen molar-refractivity contribution in [1.82, 2.24) is 5.32 Å². The molecule has 1 aliphatic heterocycles. The van der Waals surface area contributed by atoms with Gasteiger partial charge in [-0.2, -0.15) is 0 Å². The van der Waals surface area contributed by atoms with Crippen LogP contribution in [0, 0.1) is 0 Å². The fraction of sp³-hybridized carbons (Fsp3) is 0.857. The standard InChI is InChI=1S/C7H13NO3/c1-7(2)5(10-3)4-8-6(9)11-7/h5H,4H2,1-3H3,(H,8,9)/t5-/m0/s1. The lowest BCUT2D eigenvalue weighted by molar-refractivity contribution is -0.0929. The molecule has 0 aliphatic carbocycles. The molecule has 1 atom stereocenters. The summed E-state index contributed by atoms with van der Waals surface area (Å²) in [5, 5.41) is 2.55. The third-order valence-electron chi connectivity index (χ3n) is 1.85. The third-order valence-corrected chi connectivity index (χ3v) is 1.85. The molecule has 4 nitrogen and oxygen atoms in total. The van der Waals surface area contributed by atoms with Crippen molar-refractivity contribution in [3.8, 4) is 0 Å². The second kappa shape index (κ2) is 2.70. The van der Waals surface area contributed by atoms with Crippen LogP contribution in [0.1, 0.15) is 13.8 Å². The van der Waals surface area contributed by atoms with E-state index in [1.165, 1.54) is 0 Å². The first-order chi connectivity index (χ1) is 5.06. The van der Waals surface area contributed by atoms with Crippen molar-refractivity contribution in [2.45, 2.75) is 25.6 Å². The zero-order valence-corrected chi connectivity index (χ0v) is 7.01. The van der Waals surface area contributed by atoms with Crippen LogP contribution < -0.4 is 5.32 Å². The van der Waals surface area contributed by atoms with Crippen molar-refractivity contribution in [3.63, 3.8) is 0 Å². The topological polar surface area (TPSA) is 47.6 Å². The smallest absolute Gasteiger partial charge is 0.407 e. The summed E-state index contributed by atoms with van der Waals surface area (Å²) in [4.78, 5) is 10.8. The lowest BCUT2D eigenvalue weighted by Crippen LogP contribution is -2.55. The Morgan fingerprint density at radius 3 is 2.82 bits per heavy atom. The van der Waals surface area contributed by atoms with Gasteiger partial charge >= 0.3 is 6.09 Å². The fourth-order valence-electron chi connectivity index (χ4n) is 1.13. The molecule has 0 unspecified atom stereocenters. The van der Waals surface area contributed by atoms with Crippen LogP contribution in [0.3, 0.4) is 0 Å². The van der Waals surface area contributed by atoms with Crippen LogP contribution in [0.5, 0.6) is 0 Å². The normalized spacial score (nSPS) is 29.0. The average molecular weight is 159 g/mol. The van der Waals surface area contributed by atoms with Crippen LogP contribution in [0.4, 0.5) is 4.79 Å². The van der Waals surface area contributed by atoms with Gasteiger partial charge in [0.25, 0.3) is 0 Å². The first-order valence-corrected chi connectivity index (χ1v) is 3.56. The Hall–Kier alpha value is -0.770. The lowest BCUT2D eigenvalue weighted by atomic mass is 10.0. The van der Waals surface area contributed by atoms with Gasteiger partial charge in [0, 0.05) is 7.11 Å². The molecule has 1 heterocycles. The Bertz CT molecular complexity index is 167. The first kappa shape index (κ1) is 8.33. The molecule has 0 radical (unpaired) electrons. The van der Waals surface area contributed by atoms with Crippen molar-refractivity contribution < 1.29 is 14.3 Å². The van der Waals surface area contributed by atoms with Crippen molar-refractivity contribution in [1.29, 1.82) is 0 Å². The quantitative estimate of drug-likeness (QED) is 0.606. The van der Waals surface area contributed by atoms with Gasteiger partial charge in [0.1, 0.15) is 11.7 Å². The van der Waals surface area contributed by atoms with Crippen molar-refractivity contribution in [2.24, 2.45) is 0 Å². The molecular weight excluding hydrogens is 146 g/mol. The fourth-order valence-corrected chi connectivity index (χ4v) is 1.13. The maximum Gasteiger partial charge on any atom is 0.407 e. The van der Waals surface area contributed by atoms with Crippen LogP contribution in [0.15, 0.2) is 0 Å². The second-order valence-electron chi connectivity index (χ2n) is 3.10. The highest BCUT2D eigenvalue weighted by molar-refractivity contribution is 5.68. The van der Waals surface area contributed by atoms with E-state index in [-0.39, 0.29) is 12.2 Å². The molecule has 0 aromatic heterocycles. The minimum absolute atomic E-state index is 0.0693. The highest BCUT2D eigenvalue weighted by Gasteiger charge is 2.37. The first-order valence-electron chi connectivity index (χ1n) is 3.56. The molecule has 0 aromatic rings. The maximum absolute atomic E-state index is 10.8. The molecule has 0 bridgehead atoms. The summed E-state index contributed by atoms with van der Waals surface area (Å²) in [6.45, 7) is 4.18. The zero-order chi connectivity index (χ0) is 8.48. The number of cyclic esters (lactones) is 1. The van der Waals surface area contributed by atoms with Crippen LogP contribution >= 0.6 is 0 Å². The Morgan fingerprint density at radius 2 is 2.36 bits per heavy atom. The molecule has 0 spiro atoms. The molecule has 1 saturated heterocycles. The van der Waals surface area contributed by atoms with Gasteiger partial charge in [-0.05, 0) is 13.8 Å². The Morgan fingerprint density at radius 1 is 1.73 bits per heavy atom. The summed E-state index contributed by atoms with van der Waals surface area (Å²) in [6, 6.07) is 0. The van der Waals surface area contributed by atoms with Gasteiger partial charge in [0.2, 0.25) is 0 Å². The van der Waals surface area contributed by atoms with E-state index < -0.39 is 5.60 Å². The van der Waals surface area contributed by atoms with E-state index in [1.807, 2.05) is 13.8 Å². The Labute approximate surface area is 65.9 Å². The molecule has 1 N–H and O–H groups in total. The van der Waals surface area contributed by atoms with E-state index in [0.29, 0.717) is 6.54 Å². The highest BCUT2D eigenvalue weighted by atomic mass is 16.6. The minimum Gasteiger partial charge on any atom is -0.441 e. The van der Waals surface area contributed by atoms with E-state index in [2.05, 4.69) is 5.32 Å². The number of amides is 1. The number of alkyl carbamates (subject to hydrolysis) is 1. The summed E-state index contributed by atoms with van der Waals surface area (Å²) in [5.74, 6) is 0. The van der Waals surface area contributed by atoms with Crippen molar-refractivity contribution in [3.05, 3.63) is 0 Å². The monoisotopic (exact) mass is 159 g/mol. The summed E-state index contributed by atoms with van der Waals surface area (Å²) >= 11 is 0. The van der Waals surface area contributed by atoms with Crippen molar-refractivity contribution >= 4 is 6.09 Å². The number of methoxy groups -OCH3 is 1. The number of carbonyl (C=O) groups excluding carboxylic acids is 1. The summed E-state index contributed by atoms with van der Waals surface area (Å²) in [6.07, 6.45) is -0.441. The van der Waals surface area contributed by atoms with Crippen LogP contribution in [0.25, 0.3) is 0 Å². The molecule has 11 heavy (non-hydrogen) atoms. The lowest BCUT2D eigenvalue weighted by Gasteiger charge is -2.36. The molecule has 1 aliphatic rings. The summed E-state index contributed by atoms with van der Waals surface area (Å²) in [7, 11) is 1.60. The highest BCUT2D eigenvalue weighted by Crippen LogP contribution is 2.20. The number of ether oxygens (including phenoxy) is 2. The molecule has 0 aromatic carbocycles. The minimum atomic E-state index is -0.517. The van der Waals surface area contributed by atoms with Gasteiger partial charge in [-0.15, -0.1) is 0 Å². The van der Waals surface area contributed by atoms with Gasteiger partial charge < -0.3 is 14.8 Å². The number of hydrogen-bond donors (Lipinski definition) is 1. The molecular formula is C7H13NO3. The maximum atomic E-state index is 10.8. The largest absolute Gasteiger partial charge is 0.441 e. The zero-order valence-electron chi connectivity index (χ0n) is 7.01. The van der Waals surface area contributed by atoms with Gasteiger partial charge in [0.05, 0.1) is 6.54 Å². The number of carbonyl (C=O) groups is 1. The summed E-state index contributed by atoms with van der Waals surface area (Å²) < 4.78 is 10.1. The van der Waals surface area contributed by atoms with Crippen LogP contribution in [-0.4, -0.2) is 31.5 Å². The van der Waals surface area contributed by atoms with Crippen molar-refractivity contribution in [2.75, 3.05) is 13.7 Å². The average Bonchev–Trinajstić information content (AvgIpc) is 1.85. The SMILES string of the molecule is CO[C@H]1CNC(=O)OC1(C)C. The van der Waals surface area contributed by atoms with Gasteiger partial charge in [-0.25, -0.2) is 4.79 Å². The van der Waals surface area contributed by atoms with E-state index in [9.17, 15) is 4.79 Å². The van der Waals surface area contributed by atoms with Gasteiger partial charge in [0.15, 0.2) is 0 Å². The van der Waals surface area contributed by atoms with Gasteiger partial charge in [-0.3, -0.25) is 0 Å². The van der Waals surface area contributed by atoms with E-state index in [0.717, 1.165) is 0 Å². The third kappa shape index (κ3) is 1.63. The molecule has 4 heteroatoms.